The van der Waals surface area contributed by atoms with Gasteiger partial charge in [0.05, 0.1) is 21.1 Å². The van der Waals surface area contributed by atoms with E-state index in [1.165, 1.54) is 0 Å². The van der Waals surface area contributed by atoms with Crippen LogP contribution in [-0.2, 0) is 11.3 Å². The predicted octanol–water partition coefficient (Wildman–Crippen LogP) is 4.09. The molecule has 0 aliphatic heterocycles. The molecule has 3 aromatic rings. The van der Waals surface area contributed by atoms with E-state index in [2.05, 4.69) is 4.98 Å². The monoisotopic (exact) mass is 320 g/mol. The second-order valence-electron chi connectivity index (χ2n) is 4.53. The molecule has 0 amide bonds. The largest absolute Gasteiger partial charge is 0.480 e. The zero-order chi connectivity index (χ0) is 15.0. The van der Waals surface area contributed by atoms with Crippen molar-refractivity contribution in [1.29, 1.82) is 0 Å². The number of halogens is 2. The minimum atomic E-state index is -0.931. The van der Waals surface area contributed by atoms with Gasteiger partial charge in [0.25, 0.3) is 0 Å². The van der Waals surface area contributed by atoms with Crippen LogP contribution in [0.4, 0.5) is 0 Å². The first-order valence-corrected chi connectivity index (χ1v) is 6.94. The average Bonchev–Trinajstić information content (AvgIpc) is 2.80. The van der Waals surface area contributed by atoms with Gasteiger partial charge < -0.3 is 9.67 Å². The Hall–Kier alpha value is -2.04. The number of imidazole rings is 1. The third-order valence-corrected chi connectivity index (χ3v) is 3.86. The van der Waals surface area contributed by atoms with Crippen molar-refractivity contribution in [3.8, 4) is 11.4 Å². The maximum absolute atomic E-state index is 11.1. The highest BCUT2D eigenvalue weighted by atomic mass is 35.5. The fourth-order valence-electron chi connectivity index (χ4n) is 2.23. The van der Waals surface area contributed by atoms with Crippen LogP contribution in [0.25, 0.3) is 22.4 Å². The summed E-state index contributed by atoms with van der Waals surface area (Å²) in [6.45, 7) is -0.171. The molecule has 0 atom stereocenters. The van der Waals surface area contributed by atoms with Gasteiger partial charge in [0.2, 0.25) is 0 Å². The molecule has 1 aromatic heterocycles. The van der Waals surface area contributed by atoms with E-state index in [1.807, 2.05) is 24.3 Å². The van der Waals surface area contributed by atoms with Gasteiger partial charge in [-0.3, -0.25) is 4.79 Å². The fraction of sp³-hybridized carbons (Fsp3) is 0.0667. The third kappa shape index (κ3) is 2.60. The highest BCUT2D eigenvalue weighted by molar-refractivity contribution is 6.42. The Kier molecular flexibility index (Phi) is 3.57. The maximum atomic E-state index is 11.1. The van der Waals surface area contributed by atoms with Crippen molar-refractivity contribution in [2.75, 3.05) is 0 Å². The van der Waals surface area contributed by atoms with Crippen molar-refractivity contribution in [2.24, 2.45) is 0 Å². The van der Waals surface area contributed by atoms with Crippen LogP contribution in [0.5, 0.6) is 0 Å². The third-order valence-electron chi connectivity index (χ3n) is 3.13. The molecule has 0 unspecified atom stereocenters. The number of benzene rings is 2. The van der Waals surface area contributed by atoms with Gasteiger partial charge in [0.15, 0.2) is 0 Å². The average molecular weight is 321 g/mol. The molecule has 2 aromatic carbocycles. The Bertz CT molecular complexity index is 843. The summed E-state index contributed by atoms with van der Waals surface area (Å²) in [5.41, 5.74) is 2.22. The topological polar surface area (TPSA) is 55.1 Å². The quantitative estimate of drug-likeness (QED) is 0.790. The first-order valence-electron chi connectivity index (χ1n) is 6.19. The Morgan fingerprint density at radius 2 is 1.90 bits per heavy atom. The van der Waals surface area contributed by atoms with E-state index in [0.717, 1.165) is 16.6 Å². The van der Waals surface area contributed by atoms with Gasteiger partial charge >= 0.3 is 5.97 Å². The molecule has 0 fully saturated rings. The summed E-state index contributed by atoms with van der Waals surface area (Å²) in [5.74, 6) is -0.378. The number of aromatic nitrogens is 2. The normalized spacial score (nSPS) is 11.0. The van der Waals surface area contributed by atoms with E-state index in [0.29, 0.717) is 15.9 Å². The first-order chi connectivity index (χ1) is 10.1. The zero-order valence-corrected chi connectivity index (χ0v) is 12.3. The highest BCUT2D eigenvalue weighted by Crippen LogP contribution is 2.30. The lowest BCUT2D eigenvalue weighted by atomic mass is 10.2. The summed E-state index contributed by atoms with van der Waals surface area (Å²) in [5, 5.41) is 9.97. The molecule has 3 rings (SSSR count). The van der Waals surface area contributed by atoms with E-state index < -0.39 is 5.97 Å². The SMILES string of the molecule is O=C(O)Cn1c(-c2ccc(Cl)c(Cl)c2)nc2ccccc21. The Morgan fingerprint density at radius 3 is 2.62 bits per heavy atom. The predicted molar refractivity (Wildman–Crippen MR) is 82.8 cm³/mol. The molecule has 6 heteroatoms. The second-order valence-corrected chi connectivity index (χ2v) is 5.35. The molecule has 1 heterocycles. The molecule has 0 saturated heterocycles. The summed E-state index contributed by atoms with van der Waals surface area (Å²) < 4.78 is 1.65. The molecule has 0 radical (unpaired) electrons. The minimum absolute atomic E-state index is 0.171. The minimum Gasteiger partial charge on any atom is -0.480 e. The number of carbonyl (C=O) groups is 1. The number of hydrogen-bond donors (Lipinski definition) is 1. The molecular formula is C15H10Cl2N2O2. The standard InChI is InChI=1S/C15H10Cl2N2O2/c16-10-6-5-9(7-11(10)17)15-18-12-3-1-2-4-13(12)19(15)8-14(20)21/h1-7H,8H2,(H,20,21). The Balaban J connectivity index is 2.25. The van der Waals surface area contributed by atoms with Gasteiger partial charge in [-0.15, -0.1) is 0 Å². The van der Waals surface area contributed by atoms with Crippen LogP contribution in [0.1, 0.15) is 0 Å². The zero-order valence-electron chi connectivity index (χ0n) is 10.8. The molecule has 106 valence electrons. The summed E-state index contributed by atoms with van der Waals surface area (Å²) >= 11 is 12.0. The lowest BCUT2D eigenvalue weighted by Gasteiger charge is -2.07. The van der Waals surface area contributed by atoms with Crippen LogP contribution in [-0.4, -0.2) is 20.6 Å². The number of aliphatic carboxylic acids is 1. The molecular weight excluding hydrogens is 311 g/mol. The van der Waals surface area contributed by atoms with Crippen molar-refractivity contribution in [3.63, 3.8) is 0 Å². The molecule has 0 bridgehead atoms. The maximum Gasteiger partial charge on any atom is 0.323 e. The van der Waals surface area contributed by atoms with E-state index in [9.17, 15) is 4.79 Å². The van der Waals surface area contributed by atoms with E-state index in [-0.39, 0.29) is 6.54 Å². The van der Waals surface area contributed by atoms with E-state index in [4.69, 9.17) is 28.3 Å². The van der Waals surface area contributed by atoms with Crippen molar-refractivity contribution >= 4 is 40.2 Å². The number of carboxylic acids is 1. The summed E-state index contributed by atoms with van der Waals surface area (Å²) in [7, 11) is 0. The lowest BCUT2D eigenvalue weighted by molar-refractivity contribution is -0.137. The summed E-state index contributed by atoms with van der Waals surface area (Å²) in [4.78, 5) is 15.6. The Labute approximate surface area is 130 Å². The van der Waals surface area contributed by atoms with Crippen LogP contribution in [0.15, 0.2) is 42.5 Å². The molecule has 0 saturated carbocycles. The van der Waals surface area contributed by atoms with Crippen LogP contribution in [0.2, 0.25) is 10.0 Å². The number of carboxylic acid groups (broad SMARTS) is 1. The first kappa shape index (κ1) is 13.9. The number of nitrogens with zero attached hydrogens (tertiary/aromatic N) is 2. The lowest BCUT2D eigenvalue weighted by Crippen LogP contribution is -2.10. The Morgan fingerprint density at radius 1 is 1.14 bits per heavy atom. The molecule has 21 heavy (non-hydrogen) atoms. The van der Waals surface area contributed by atoms with Crippen LogP contribution < -0.4 is 0 Å². The summed E-state index contributed by atoms with van der Waals surface area (Å²) in [6.07, 6.45) is 0. The van der Waals surface area contributed by atoms with E-state index in [1.54, 1.807) is 22.8 Å². The van der Waals surface area contributed by atoms with Gasteiger partial charge in [-0.05, 0) is 30.3 Å². The van der Waals surface area contributed by atoms with Crippen molar-refractivity contribution < 1.29 is 9.90 Å². The molecule has 4 nitrogen and oxygen atoms in total. The molecule has 1 N–H and O–H groups in total. The van der Waals surface area contributed by atoms with Gasteiger partial charge in [0.1, 0.15) is 12.4 Å². The highest BCUT2D eigenvalue weighted by Gasteiger charge is 2.15. The van der Waals surface area contributed by atoms with Crippen LogP contribution in [0, 0.1) is 0 Å². The van der Waals surface area contributed by atoms with Gasteiger partial charge in [0, 0.05) is 5.56 Å². The smallest absolute Gasteiger partial charge is 0.323 e. The molecule has 0 aliphatic rings. The van der Waals surface area contributed by atoms with Crippen molar-refractivity contribution in [3.05, 3.63) is 52.5 Å². The van der Waals surface area contributed by atoms with Crippen LogP contribution in [0.3, 0.4) is 0 Å². The number of para-hydroxylation sites is 2. The van der Waals surface area contributed by atoms with Gasteiger partial charge in [-0.1, -0.05) is 35.3 Å². The number of hydrogen-bond acceptors (Lipinski definition) is 2. The van der Waals surface area contributed by atoms with Crippen molar-refractivity contribution in [2.45, 2.75) is 6.54 Å². The van der Waals surface area contributed by atoms with Gasteiger partial charge in [-0.2, -0.15) is 0 Å². The summed E-state index contributed by atoms with van der Waals surface area (Å²) in [6, 6.07) is 12.5. The van der Waals surface area contributed by atoms with Gasteiger partial charge in [-0.25, -0.2) is 4.98 Å². The number of rotatable bonds is 3. The molecule has 0 aliphatic carbocycles. The van der Waals surface area contributed by atoms with E-state index >= 15 is 0 Å². The fourth-order valence-corrected chi connectivity index (χ4v) is 2.52. The second kappa shape index (κ2) is 5.39. The molecule has 0 spiro atoms. The van der Waals surface area contributed by atoms with Crippen molar-refractivity contribution in [1.82, 2.24) is 9.55 Å². The number of fused-ring (bicyclic) bond motifs is 1. The van der Waals surface area contributed by atoms with Crippen LogP contribution >= 0.6 is 23.2 Å².